The van der Waals surface area contributed by atoms with Crippen LogP contribution in [0.15, 0.2) is 4.52 Å². The van der Waals surface area contributed by atoms with Gasteiger partial charge in [-0.05, 0) is 19.3 Å². The first kappa shape index (κ1) is 11.9. The minimum absolute atomic E-state index is 0.153. The van der Waals surface area contributed by atoms with Gasteiger partial charge in [0.25, 0.3) is 0 Å². The van der Waals surface area contributed by atoms with E-state index >= 15 is 0 Å². The number of aromatic nitrogens is 2. The lowest BCUT2D eigenvalue weighted by Gasteiger charge is -2.11. The van der Waals surface area contributed by atoms with Crippen LogP contribution in [-0.4, -0.2) is 22.9 Å². The van der Waals surface area contributed by atoms with Crippen LogP contribution in [0.2, 0.25) is 0 Å². The number of nitrogens with zero attached hydrogens (tertiary/aromatic N) is 2. The highest BCUT2D eigenvalue weighted by Crippen LogP contribution is 2.33. The summed E-state index contributed by atoms with van der Waals surface area (Å²) in [6, 6.07) is 0. The van der Waals surface area contributed by atoms with Crippen molar-refractivity contribution in [2.75, 3.05) is 6.61 Å². The van der Waals surface area contributed by atoms with Crippen molar-refractivity contribution < 1.29 is 9.26 Å². The molecule has 16 heavy (non-hydrogen) atoms. The normalized spacial score (nSPS) is 27.2. The molecule has 1 aromatic heterocycles. The van der Waals surface area contributed by atoms with Crippen LogP contribution in [0.4, 0.5) is 0 Å². The molecular weight excluding hydrogens is 228 g/mol. The van der Waals surface area contributed by atoms with E-state index in [1.807, 2.05) is 6.92 Å². The minimum Gasteiger partial charge on any atom is -0.377 e. The van der Waals surface area contributed by atoms with E-state index in [-0.39, 0.29) is 17.4 Å². The van der Waals surface area contributed by atoms with Crippen molar-refractivity contribution in [2.24, 2.45) is 0 Å². The largest absolute Gasteiger partial charge is 0.377 e. The quantitative estimate of drug-likeness (QED) is 0.764. The molecule has 5 heteroatoms. The second-order valence-corrected chi connectivity index (χ2v) is 4.61. The molecule has 0 aliphatic carbocycles. The van der Waals surface area contributed by atoms with Crippen LogP contribution in [0.3, 0.4) is 0 Å². The van der Waals surface area contributed by atoms with E-state index in [1.54, 1.807) is 0 Å². The topological polar surface area (TPSA) is 48.2 Å². The summed E-state index contributed by atoms with van der Waals surface area (Å²) < 4.78 is 10.9. The van der Waals surface area contributed by atoms with Gasteiger partial charge in [-0.15, -0.1) is 11.6 Å². The fraction of sp³-hybridized carbons (Fsp3) is 0.818. The maximum absolute atomic E-state index is 6.06. The van der Waals surface area contributed by atoms with Crippen molar-refractivity contribution in [3.05, 3.63) is 11.7 Å². The molecule has 0 aromatic carbocycles. The van der Waals surface area contributed by atoms with Crippen LogP contribution in [0.25, 0.3) is 0 Å². The summed E-state index contributed by atoms with van der Waals surface area (Å²) in [7, 11) is 0. The van der Waals surface area contributed by atoms with Gasteiger partial charge in [-0.25, -0.2) is 0 Å². The SMILES string of the molecule is CCC(Cl)c1noc(C2CCOC2CC)n1. The Morgan fingerprint density at radius 1 is 1.50 bits per heavy atom. The number of hydrogen-bond acceptors (Lipinski definition) is 4. The van der Waals surface area contributed by atoms with Crippen molar-refractivity contribution >= 4 is 11.6 Å². The summed E-state index contributed by atoms with van der Waals surface area (Å²) in [6.45, 7) is 4.89. The molecule has 0 spiro atoms. The molecule has 4 nitrogen and oxygen atoms in total. The molecular formula is C11H17ClN2O2. The smallest absolute Gasteiger partial charge is 0.232 e. The van der Waals surface area contributed by atoms with Crippen LogP contribution < -0.4 is 0 Å². The van der Waals surface area contributed by atoms with E-state index in [9.17, 15) is 0 Å². The Morgan fingerprint density at radius 2 is 2.31 bits per heavy atom. The van der Waals surface area contributed by atoms with Crippen molar-refractivity contribution in [3.8, 4) is 0 Å². The van der Waals surface area contributed by atoms with Gasteiger partial charge in [0.05, 0.1) is 17.4 Å². The summed E-state index contributed by atoms with van der Waals surface area (Å²) in [6.07, 6.45) is 2.95. The summed E-state index contributed by atoms with van der Waals surface area (Å²) in [5.74, 6) is 1.52. The number of ether oxygens (including phenoxy) is 1. The first-order chi connectivity index (χ1) is 7.76. The molecule has 1 fully saturated rings. The van der Waals surface area contributed by atoms with Gasteiger partial charge in [0.1, 0.15) is 0 Å². The third-order valence-electron chi connectivity index (χ3n) is 3.03. The summed E-state index contributed by atoms with van der Waals surface area (Å²) in [4.78, 5) is 4.37. The maximum Gasteiger partial charge on any atom is 0.232 e. The monoisotopic (exact) mass is 244 g/mol. The molecule has 0 radical (unpaired) electrons. The van der Waals surface area contributed by atoms with Crippen LogP contribution in [0, 0.1) is 0 Å². The van der Waals surface area contributed by atoms with Crippen LogP contribution in [0.1, 0.15) is 56.1 Å². The lowest BCUT2D eigenvalue weighted by molar-refractivity contribution is 0.0953. The van der Waals surface area contributed by atoms with Gasteiger partial charge in [-0.3, -0.25) is 0 Å². The van der Waals surface area contributed by atoms with Crippen molar-refractivity contribution in [1.82, 2.24) is 10.1 Å². The standard InChI is InChI=1S/C11H17ClN2O2/c1-3-8(12)10-13-11(16-14-10)7-5-6-15-9(7)4-2/h7-9H,3-6H2,1-2H3. The van der Waals surface area contributed by atoms with Crippen LogP contribution >= 0.6 is 11.6 Å². The Morgan fingerprint density at radius 3 is 3.00 bits per heavy atom. The average molecular weight is 245 g/mol. The van der Waals surface area contributed by atoms with Crippen molar-refractivity contribution in [1.29, 1.82) is 0 Å². The first-order valence-electron chi connectivity index (χ1n) is 5.85. The fourth-order valence-electron chi connectivity index (χ4n) is 2.04. The molecule has 0 bridgehead atoms. The van der Waals surface area contributed by atoms with Crippen LogP contribution in [0.5, 0.6) is 0 Å². The average Bonchev–Trinajstić information content (AvgIpc) is 2.95. The molecule has 1 saturated heterocycles. The van der Waals surface area contributed by atoms with Gasteiger partial charge in [0, 0.05) is 6.61 Å². The van der Waals surface area contributed by atoms with E-state index < -0.39 is 0 Å². The second kappa shape index (κ2) is 5.15. The fourth-order valence-corrected chi connectivity index (χ4v) is 2.13. The van der Waals surface area contributed by atoms with Crippen LogP contribution in [-0.2, 0) is 4.74 Å². The molecule has 1 aromatic rings. The van der Waals surface area contributed by atoms with Gasteiger partial charge >= 0.3 is 0 Å². The molecule has 3 unspecified atom stereocenters. The lowest BCUT2D eigenvalue weighted by atomic mass is 10.00. The highest BCUT2D eigenvalue weighted by atomic mass is 35.5. The van der Waals surface area contributed by atoms with E-state index in [4.69, 9.17) is 20.9 Å². The van der Waals surface area contributed by atoms with Gasteiger partial charge < -0.3 is 9.26 Å². The molecule has 2 heterocycles. The number of hydrogen-bond donors (Lipinski definition) is 0. The van der Waals surface area contributed by atoms with E-state index in [0.717, 1.165) is 25.9 Å². The molecule has 0 saturated carbocycles. The predicted molar refractivity (Wildman–Crippen MR) is 60.6 cm³/mol. The molecule has 90 valence electrons. The Kier molecular flexibility index (Phi) is 3.82. The Bertz CT molecular complexity index is 342. The highest BCUT2D eigenvalue weighted by molar-refractivity contribution is 6.20. The van der Waals surface area contributed by atoms with E-state index in [1.165, 1.54) is 0 Å². The van der Waals surface area contributed by atoms with Gasteiger partial charge in [0.15, 0.2) is 5.82 Å². The Labute approximate surface area is 100 Å². The number of halogens is 1. The third-order valence-corrected chi connectivity index (χ3v) is 3.53. The number of alkyl halides is 1. The van der Waals surface area contributed by atoms with Gasteiger partial charge in [-0.1, -0.05) is 19.0 Å². The second-order valence-electron chi connectivity index (χ2n) is 4.08. The zero-order valence-electron chi connectivity index (χ0n) is 9.65. The molecule has 1 aliphatic rings. The summed E-state index contributed by atoms with van der Waals surface area (Å²) >= 11 is 6.06. The Balaban J connectivity index is 2.12. The zero-order valence-corrected chi connectivity index (χ0v) is 10.4. The first-order valence-corrected chi connectivity index (χ1v) is 6.29. The minimum atomic E-state index is -0.153. The summed E-state index contributed by atoms with van der Waals surface area (Å²) in [5.41, 5.74) is 0. The van der Waals surface area contributed by atoms with Crippen molar-refractivity contribution in [2.45, 2.75) is 50.5 Å². The predicted octanol–water partition coefficient (Wildman–Crippen LogP) is 3.04. The third kappa shape index (κ3) is 2.23. The molecule has 1 aliphatic heterocycles. The Hall–Kier alpha value is -0.610. The molecule has 3 atom stereocenters. The molecule has 2 rings (SSSR count). The van der Waals surface area contributed by atoms with Crippen molar-refractivity contribution in [3.63, 3.8) is 0 Å². The highest BCUT2D eigenvalue weighted by Gasteiger charge is 2.33. The van der Waals surface area contributed by atoms with Gasteiger partial charge in [0.2, 0.25) is 5.89 Å². The van der Waals surface area contributed by atoms with E-state index in [2.05, 4.69) is 17.1 Å². The zero-order chi connectivity index (χ0) is 11.5. The lowest BCUT2D eigenvalue weighted by Crippen LogP contribution is -2.13. The molecule has 0 amide bonds. The molecule has 0 N–H and O–H groups in total. The van der Waals surface area contributed by atoms with Gasteiger partial charge in [-0.2, -0.15) is 4.98 Å². The maximum atomic E-state index is 6.06. The number of rotatable bonds is 4. The summed E-state index contributed by atoms with van der Waals surface area (Å²) in [5, 5.41) is 3.77. The van der Waals surface area contributed by atoms with E-state index in [0.29, 0.717) is 11.7 Å².